The quantitative estimate of drug-likeness (QED) is 0.626. The van der Waals surface area contributed by atoms with Gasteiger partial charge in [0.2, 0.25) is 0 Å². The summed E-state index contributed by atoms with van der Waals surface area (Å²) in [5.41, 5.74) is 0. The van der Waals surface area contributed by atoms with Gasteiger partial charge in [0.1, 0.15) is 0 Å². The van der Waals surface area contributed by atoms with Crippen LogP contribution in [0.15, 0.2) is 0 Å². The second kappa shape index (κ2) is 5.87. The molecule has 0 amide bonds. The van der Waals surface area contributed by atoms with Crippen molar-refractivity contribution >= 4 is 8.53 Å². The Morgan fingerprint density at radius 3 is 1.42 bits per heavy atom. The molecule has 0 rings (SSSR count). The van der Waals surface area contributed by atoms with E-state index in [1.165, 1.54) is 0 Å². The Morgan fingerprint density at radius 2 is 1.25 bits per heavy atom. The molecule has 0 aromatic heterocycles. The molecule has 0 saturated carbocycles. The zero-order valence-corrected chi connectivity index (χ0v) is 9.76. The van der Waals surface area contributed by atoms with E-state index in [1.54, 1.807) is 0 Å². The van der Waals surface area contributed by atoms with E-state index in [0.717, 1.165) is 0 Å². The fraction of sp³-hybridized carbons (Fsp3) is 1.00. The molecule has 0 bridgehead atoms. The summed E-state index contributed by atoms with van der Waals surface area (Å²) in [6.45, 7) is 8.07. The predicted molar refractivity (Wildman–Crippen MR) is 53.0 cm³/mol. The number of rotatable bonds is 5. The molecule has 0 saturated heterocycles. The molecule has 0 atom stereocenters. The van der Waals surface area contributed by atoms with Crippen molar-refractivity contribution in [3.8, 4) is 0 Å². The van der Waals surface area contributed by atoms with Crippen LogP contribution in [0.3, 0.4) is 0 Å². The van der Waals surface area contributed by atoms with Crippen LogP contribution in [0.5, 0.6) is 0 Å². The van der Waals surface area contributed by atoms with Gasteiger partial charge in [-0.3, -0.25) is 0 Å². The Labute approximate surface area is 77.0 Å². The third-order valence-corrected chi connectivity index (χ3v) is 2.79. The highest BCUT2D eigenvalue weighted by molar-refractivity contribution is 7.44. The van der Waals surface area contributed by atoms with Crippen LogP contribution in [-0.4, -0.2) is 31.0 Å². The van der Waals surface area contributed by atoms with Crippen molar-refractivity contribution in [1.82, 2.24) is 4.67 Å². The number of hydrogen-bond donors (Lipinski definition) is 0. The smallest absolute Gasteiger partial charge is 0.258 e. The van der Waals surface area contributed by atoms with E-state index >= 15 is 0 Å². The first kappa shape index (κ1) is 12.3. The van der Waals surface area contributed by atoms with Crippen LogP contribution in [0.1, 0.15) is 27.7 Å². The summed E-state index contributed by atoms with van der Waals surface area (Å²) in [7, 11) is 3.07. The second-order valence-electron chi connectivity index (χ2n) is 3.39. The number of nitrogens with zero attached hydrogens (tertiary/aromatic N) is 1. The van der Waals surface area contributed by atoms with E-state index in [9.17, 15) is 0 Å². The van der Waals surface area contributed by atoms with Crippen molar-refractivity contribution in [2.24, 2.45) is 0 Å². The molecule has 0 heterocycles. The maximum absolute atomic E-state index is 5.59. The SMILES string of the molecule is CC(C)OP(OC(C)C)N(C)C. The van der Waals surface area contributed by atoms with E-state index in [0.29, 0.717) is 0 Å². The molecule has 0 aliphatic carbocycles. The summed E-state index contributed by atoms with van der Waals surface area (Å²) in [6.07, 6.45) is 0.439. The first-order valence-corrected chi connectivity index (χ1v) is 5.37. The van der Waals surface area contributed by atoms with Gasteiger partial charge in [-0.15, -0.1) is 0 Å². The lowest BCUT2D eigenvalue weighted by Gasteiger charge is -2.26. The lowest BCUT2D eigenvalue weighted by Crippen LogP contribution is -2.14. The first-order valence-electron chi connectivity index (χ1n) is 4.24. The van der Waals surface area contributed by atoms with E-state index in [4.69, 9.17) is 9.05 Å². The zero-order valence-electron chi connectivity index (χ0n) is 8.87. The summed E-state index contributed by atoms with van der Waals surface area (Å²) in [5.74, 6) is 0. The van der Waals surface area contributed by atoms with Gasteiger partial charge >= 0.3 is 0 Å². The van der Waals surface area contributed by atoms with Gasteiger partial charge in [0, 0.05) is 0 Å². The third kappa shape index (κ3) is 5.90. The van der Waals surface area contributed by atoms with Crippen molar-refractivity contribution < 1.29 is 9.05 Å². The highest BCUT2D eigenvalue weighted by Gasteiger charge is 2.16. The zero-order chi connectivity index (χ0) is 9.72. The van der Waals surface area contributed by atoms with E-state index in [1.807, 2.05) is 46.5 Å². The van der Waals surface area contributed by atoms with Crippen LogP contribution in [0.2, 0.25) is 0 Å². The van der Waals surface area contributed by atoms with Crippen LogP contribution in [0.4, 0.5) is 0 Å². The molecule has 12 heavy (non-hydrogen) atoms. The maximum atomic E-state index is 5.59. The Hall–Kier alpha value is 0.310. The van der Waals surface area contributed by atoms with Gasteiger partial charge in [0.15, 0.2) is 0 Å². The molecule has 0 aromatic rings. The minimum atomic E-state index is -0.865. The summed E-state index contributed by atoms with van der Waals surface area (Å²) in [4.78, 5) is 0. The molecule has 74 valence electrons. The molecule has 0 N–H and O–H groups in total. The van der Waals surface area contributed by atoms with Gasteiger partial charge in [-0.2, -0.15) is 0 Å². The van der Waals surface area contributed by atoms with Crippen molar-refractivity contribution in [2.75, 3.05) is 14.1 Å². The van der Waals surface area contributed by atoms with Crippen molar-refractivity contribution in [3.05, 3.63) is 0 Å². The largest absolute Gasteiger partial charge is 0.319 e. The summed E-state index contributed by atoms with van der Waals surface area (Å²) in [6, 6.07) is 0. The van der Waals surface area contributed by atoms with Crippen molar-refractivity contribution in [2.45, 2.75) is 39.9 Å². The number of hydrogen-bond acceptors (Lipinski definition) is 3. The fourth-order valence-electron chi connectivity index (χ4n) is 0.574. The van der Waals surface area contributed by atoms with Gasteiger partial charge in [0.25, 0.3) is 8.53 Å². The van der Waals surface area contributed by atoms with Gasteiger partial charge in [-0.05, 0) is 41.8 Å². The van der Waals surface area contributed by atoms with Crippen molar-refractivity contribution in [3.63, 3.8) is 0 Å². The van der Waals surface area contributed by atoms with Crippen LogP contribution >= 0.6 is 8.53 Å². The molecule has 0 fully saturated rings. The minimum Gasteiger partial charge on any atom is -0.319 e. The lowest BCUT2D eigenvalue weighted by molar-refractivity contribution is 0.155. The van der Waals surface area contributed by atoms with Gasteiger partial charge in [-0.1, -0.05) is 0 Å². The topological polar surface area (TPSA) is 21.7 Å². The first-order chi connectivity index (χ1) is 5.43. The molecule has 0 aliphatic heterocycles. The highest BCUT2D eigenvalue weighted by atomic mass is 31.2. The summed E-state index contributed by atoms with van der Waals surface area (Å²) in [5, 5.41) is 0. The summed E-state index contributed by atoms with van der Waals surface area (Å²) >= 11 is 0. The highest BCUT2D eigenvalue weighted by Crippen LogP contribution is 2.42. The van der Waals surface area contributed by atoms with Crippen LogP contribution in [0, 0.1) is 0 Å². The maximum Gasteiger partial charge on any atom is 0.258 e. The Bertz CT molecular complexity index is 108. The molecule has 0 radical (unpaired) electrons. The van der Waals surface area contributed by atoms with E-state index in [-0.39, 0.29) is 12.2 Å². The normalized spacial score (nSPS) is 12.5. The van der Waals surface area contributed by atoms with E-state index in [2.05, 4.69) is 0 Å². The molecule has 4 heteroatoms. The summed E-state index contributed by atoms with van der Waals surface area (Å²) < 4.78 is 13.2. The monoisotopic (exact) mass is 193 g/mol. The minimum absolute atomic E-state index is 0.220. The van der Waals surface area contributed by atoms with Crippen LogP contribution in [-0.2, 0) is 9.05 Å². The Morgan fingerprint density at radius 1 is 0.917 bits per heavy atom. The van der Waals surface area contributed by atoms with Gasteiger partial charge < -0.3 is 9.05 Å². The standard InChI is InChI=1S/C8H20NO2P/c1-7(2)10-12(9(5)6)11-8(3)4/h7-8H,1-6H3. The van der Waals surface area contributed by atoms with Crippen LogP contribution in [0.25, 0.3) is 0 Å². The molecule has 0 aliphatic rings. The van der Waals surface area contributed by atoms with Crippen LogP contribution < -0.4 is 0 Å². The van der Waals surface area contributed by atoms with E-state index < -0.39 is 8.53 Å². The molecule has 0 spiro atoms. The average Bonchev–Trinajstić information content (AvgIpc) is 1.83. The van der Waals surface area contributed by atoms with Gasteiger partial charge in [-0.25, -0.2) is 4.67 Å². The average molecular weight is 193 g/mol. The fourth-order valence-corrected chi connectivity index (χ4v) is 1.72. The molecule has 3 nitrogen and oxygen atoms in total. The van der Waals surface area contributed by atoms with Crippen molar-refractivity contribution in [1.29, 1.82) is 0 Å². The second-order valence-corrected chi connectivity index (χ2v) is 5.09. The predicted octanol–water partition coefficient (Wildman–Crippen LogP) is 2.62. The molecular formula is C8H20NO2P. The molecule has 0 aromatic carbocycles. The Kier molecular flexibility index (Phi) is 6.02. The molecular weight excluding hydrogens is 173 g/mol. The Balaban J connectivity index is 3.87. The van der Waals surface area contributed by atoms with Gasteiger partial charge in [0.05, 0.1) is 12.2 Å². The molecule has 0 unspecified atom stereocenters. The lowest BCUT2D eigenvalue weighted by atomic mass is 10.5. The third-order valence-electron chi connectivity index (χ3n) is 0.929.